The molecule has 2 aromatic rings. The van der Waals surface area contributed by atoms with Gasteiger partial charge in [0, 0.05) is 11.8 Å². The van der Waals surface area contributed by atoms with Crippen LogP contribution in [0, 0.1) is 0 Å². The van der Waals surface area contributed by atoms with Crippen LogP contribution in [0.4, 0.5) is 0 Å². The highest BCUT2D eigenvalue weighted by Crippen LogP contribution is 2.19. The van der Waals surface area contributed by atoms with E-state index in [-0.39, 0.29) is 16.8 Å². The summed E-state index contributed by atoms with van der Waals surface area (Å²) in [4.78, 5) is 18.6. The second kappa shape index (κ2) is 4.72. The zero-order chi connectivity index (χ0) is 14.0. The molecular formula is C13H17N5O. The molecule has 0 radical (unpaired) electrons. The van der Waals surface area contributed by atoms with E-state index >= 15 is 0 Å². The van der Waals surface area contributed by atoms with Crippen LogP contribution in [0.2, 0.25) is 0 Å². The monoisotopic (exact) mass is 259 g/mol. The second-order valence-corrected chi connectivity index (χ2v) is 5.21. The third-order valence-corrected chi connectivity index (χ3v) is 2.65. The molecule has 0 amide bonds. The van der Waals surface area contributed by atoms with Crippen LogP contribution in [0.15, 0.2) is 29.6 Å². The Kier molecular flexibility index (Phi) is 3.25. The number of H-pyrrole nitrogens is 1. The van der Waals surface area contributed by atoms with Gasteiger partial charge in [-0.3, -0.25) is 9.48 Å². The molecule has 0 fully saturated rings. The maximum Gasteiger partial charge on any atom is 0.274 e. The zero-order valence-corrected chi connectivity index (χ0v) is 11.2. The Morgan fingerprint density at radius 1 is 1.37 bits per heavy atom. The van der Waals surface area contributed by atoms with Gasteiger partial charge in [-0.25, -0.2) is 4.98 Å². The average Bonchev–Trinajstić information content (AvgIpc) is 2.81. The van der Waals surface area contributed by atoms with Gasteiger partial charge in [-0.05, 0) is 33.0 Å². The van der Waals surface area contributed by atoms with E-state index in [0.29, 0.717) is 5.69 Å². The minimum absolute atomic E-state index is 0.103. The molecule has 0 unspecified atom stereocenters. The summed E-state index contributed by atoms with van der Waals surface area (Å²) in [5.41, 5.74) is 6.61. The quantitative estimate of drug-likeness (QED) is 0.851. The Balaban J connectivity index is 2.40. The van der Waals surface area contributed by atoms with Crippen LogP contribution < -0.4 is 11.3 Å². The van der Waals surface area contributed by atoms with Gasteiger partial charge in [-0.2, -0.15) is 5.10 Å². The number of aromatic amines is 1. The number of aromatic nitrogens is 4. The molecule has 100 valence electrons. The first-order valence-electron chi connectivity index (χ1n) is 5.95. The van der Waals surface area contributed by atoms with Crippen molar-refractivity contribution < 1.29 is 0 Å². The summed E-state index contributed by atoms with van der Waals surface area (Å²) in [5.74, 6) is 0. The van der Waals surface area contributed by atoms with Gasteiger partial charge in [0.2, 0.25) is 0 Å². The van der Waals surface area contributed by atoms with Crippen molar-refractivity contribution in [2.45, 2.75) is 26.3 Å². The molecule has 19 heavy (non-hydrogen) atoms. The molecule has 3 N–H and O–H groups in total. The first-order chi connectivity index (χ1) is 8.91. The number of hydrogen-bond donors (Lipinski definition) is 2. The number of nitrogens with two attached hydrogens (primary N) is 1. The van der Waals surface area contributed by atoms with Crippen molar-refractivity contribution in [3.63, 3.8) is 0 Å². The van der Waals surface area contributed by atoms with Gasteiger partial charge in [0.25, 0.3) is 5.56 Å². The number of nitrogens with one attached hydrogen (secondary N) is 1. The lowest BCUT2D eigenvalue weighted by molar-refractivity contribution is 0.355. The lowest BCUT2D eigenvalue weighted by Gasteiger charge is -2.18. The van der Waals surface area contributed by atoms with Crippen LogP contribution in [0.1, 0.15) is 26.5 Å². The van der Waals surface area contributed by atoms with Crippen molar-refractivity contribution in [3.05, 3.63) is 40.8 Å². The molecule has 2 heterocycles. The Labute approximate surface area is 111 Å². The van der Waals surface area contributed by atoms with Gasteiger partial charge in [0.15, 0.2) is 0 Å². The highest BCUT2D eigenvalue weighted by molar-refractivity contribution is 5.56. The minimum Gasteiger partial charge on any atom is -0.405 e. The molecule has 2 aromatic heterocycles. The van der Waals surface area contributed by atoms with E-state index in [1.807, 2.05) is 10.9 Å². The number of hydrogen-bond acceptors (Lipinski definition) is 4. The number of nitrogens with zero attached hydrogens (tertiary/aromatic N) is 3. The van der Waals surface area contributed by atoms with E-state index in [9.17, 15) is 4.79 Å². The standard InChI is InChI=1S/C13H17N5O/c1-13(2,3)18-8-9(6-16-18)11-7-15-10(4-5-14)12(19)17-11/h4-8H,14H2,1-3H3,(H,17,19)/b5-4-. The van der Waals surface area contributed by atoms with E-state index in [2.05, 4.69) is 35.8 Å². The SMILES string of the molecule is CC(C)(C)n1cc(-c2cnc(/C=C\N)c(=O)[nH]2)cn1. The molecule has 0 aliphatic heterocycles. The van der Waals surface area contributed by atoms with Gasteiger partial charge in [-0.15, -0.1) is 0 Å². The van der Waals surface area contributed by atoms with Gasteiger partial charge in [0.05, 0.1) is 23.6 Å². The molecule has 0 aromatic carbocycles. The van der Waals surface area contributed by atoms with Gasteiger partial charge in [0.1, 0.15) is 5.69 Å². The average molecular weight is 259 g/mol. The molecule has 0 aliphatic carbocycles. The van der Waals surface area contributed by atoms with Crippen molar-refractivity contribution in [2.75, 3.05) is 0 Å². The Morgan fingerprint density at radius 3 is 2.63 bits per heavy atom. The van der Waals surface area contributed by atoms with Crippen molar-refractivity contribution in [2.24, 2.45) is 5.73 Å². The smallest absolute Gasteiger partial charge is 0.274 e. The molecular weight excluding hydrogens is 242 g/mol. The topological polar surface area (TPSA) is 89.6 Å². The molecule has 0 bridgehead atoms. The first-order valence-corrected chi connectivity index (χ1v) is 5.95. The lowest BCUT2D eigenvalue weighted by Crippen LogP contribution is -2.21. The second-order valence-electron chi connectivity index (χ2n) is 5.21. The summed E-state index contributed by atoms with van der Waals surface area (Å²) in [6.45, 7) is 6.17. The number of rotatable bonds is 2. The van der Waals surface area contributed by atoms with Crippen LogP contribution in [-0.4, -0.2) is 19.7 Å². The zero-order valence-electron chi connectivity index (χ0n) is 11.2. The molecule has 0 spiro atoms. The molecule has 0 saturated heterocycles. The van der Waals surface area contributed by atoms with Crippen molar-refractivity contribution in [1.82, 2.24) is 19.7 Å². The highest BCUT2D eigenvalue weighted by atomic mass is 16.1. The van der Waals surface area contributed by atoms with Crippen LogP contribution in [0.3, 0.4) is 0 Å². The van der Waals surface area contributed by atoms with Crippen LogP contribution in [0.5, 0.6) is 0 Å². The third kappa shape index (κ3) is 2.73. The van der Waals surface area contributed by atoms with Gasteiger partial charge < -0.3 is 10.7 Å². The normalized spacial score (nSPS) is 12.2. The molecule has 0 aliphatic rings. The first kappa shape index (κ1) is 13.1. The maximum atomic E-state index is 11.8. The van der Waals surface area contributed by atoms with E-state index in [4.69, 9.17) is 5.73 Å². The van der Waals surface area contributed by atoms with Crippen LogP contribution in [0.25, 0.3) is 17.3 Å². The van der Waals surface area contributed by atoms with Gasteiger partial charge in [-0.1, -0.05) is 0 Å². The minimum atomic E-state index is -0.275. The maximum absolute atomic E-state index is 11.8. The van der Waals surface area contributed by atoms with Crippen LogP contribution in [-0.2, 0) is 5.54 Å². The fraction of sp³-hybridized carbons (Fsp3) is 0.308. The summed E-state index contributed by atoms with van der Waals surface area (Å²) in [5, 5.41) is 4.29. The predicted octanol–water partition coefficient (Wildman–Crippen LogP) is 1.32. The van der Waals surface area contributed by atoms with Crippen molar-refractivity contribution in [3.8, 4) is 11.3 Å². The molecule has 2 rings (SSSR count). The van der Waals surface area contributed by atoms with E-state index in [1.54, 1.807) is 12.4 Å². The summed E-state index contributed by atoms with van der Waals surface area (Å²) in [7, 11) is 0. The van der Waals surface area contributed by atoms with E-state index in [1.165, 1.54) is 12.3 Å². The fourth-order valence-corrected chi connectivity index (χ4v) is 1.60. The summed E-state index contributed by atoms with van der Waals surface area (Å²) in [6, 6.07) is 0. The Hall–Kier alpha value is -2.37. The summed E-state index contributed by atoms with van der Waals surface area (Å²) < 4.78 is 1.84. The molecule has 0 saturated carbocycles. The molecule has 0 atom stereocenters. The lowest BCUT2D eigenvalue weighted by atomic mass is 10.1. The van der Waals surface area contributed by atoms with E-state index < -0.39 is 0 Å². The molecule has 6 heteroatoms. The fourth-order valence-electron chi connectivity index (χ4n) is 1.60. The molecule has 6 nitrogen and oxygen atoms in total. The Morgan fingerprint density at radius 2 is 2.11 bits per heavy atom. The van der Waals surface area contributed by atoms with Crippen molar-refractivity contribution in [1.29, 1.82) is 0 Å². The predicted molar refractivity (Wildman–Crippen MR) is 74.3 cm³/mol. The third-order valence-electron chi connectivity index (χ3n) is 2.65. The summed E-state index contributed by atoms with van der Waals surface area (Å²) in [6.07, 6.45) is 7.93. The van der Waals surface area contributed by atoms with Gasteiger partial charge >= 0.3 is 0 Å². The van der Waals surface area contributed by atoms with Crippen LogP contribution >= 0.6 is 0 Å². The highest BCUT2D eigenvalue weighted by Gasteiger charge is 2.15. The summed E-state index contributed by atoms with van der Waals surface area (Å²) >= 11 is 0. The van der Waals surface area contributed by atoms with Crippen molar-refractivity contribution >= 4 is 6.08 Å². The van der Waals surface area contributed by atoms with E-state index in [0.717, 1.165) is 5.56 Å². The largest absolute Gasteiger partial charge is 0.405 e. The Bertz CT molecular complexity index is 660.